The van der Waals surface area contributed by atoms with E-state index >= 15 is 0 Å². The van der Waals surface area contributed by atoms with Gasteiger partial charge in [-0.05, 0) is 38.3 Å². The molecule has 1 fully saturated rings. The molecule has 98 valence electrons. The van der Waals surface area contributed by atoms with Crippen molar-refractivity contribution in [2.45, 2.75) is 31.8 Å². The van der Waals surface area contributed by atoms with Crippen LogP contribution in [0.3, 0.4) is 0 Å². The lowest BCUT2D eigenvalue weighted by Crippen LogP contribution is -2.30. The summed E-state index contributed by atoms with van der Waals surface area (Å²) in [5.74, 6) is 0.789. The lowest BCUT2D eigenvalue weighted by atomic mass is 9.98. The maximum Gasteiger partial charge on any atom is 0.139 e. The first kappa shape index (κ1) is 12.8. The Hall–Kier alpha value is -1.62. The van der Waals surface area contributed by atoms with Crippen LogP contribution in [0.25, 0.3) is 0 Å². The van der Waals surface area contributed by atoms with Crippen molar-refractivity contribution in [1.82, 2.24) is 4.98 Å². The van der Waals surface area contributed by atoms with Crippen molar-refractivity contribution in [2.24, 2.45) is 5.73 Å². The van der Waals surface area contributed by atoms with Crippen LogP contribution in [-0.4, -0.2) is 34.6 Å². The molecule has 0 saturated carbocycles. The number of hydrogen-bond acceptors (Lipinski definition) is 4. The van der Waals surface area contributed by atoms with E-state index in [4.69, 9.17) is 11.1 Å². The Morgan fingerprint density at radius 2 is 2.28 bits per heavy atom. The Morgan fingerprint density at radius 3 is 3.00 bits per heavy atom. The van der Waals surface area contributed by atoms with Gasteiger partial charge in [0.15, 0.2) is 0 Å². The number of pyridine rings is 1. The zero-order valence-electron chi connectivity index (χ0n) is 10.7. The van der Waals surface area contributed by atoms with Crippen LogP contribution >= 0.6 is 0 Å². The summed E-state index contributed by atoms with van der Waals surface area (Å²) >= 11 is 0. The van der Waals surface area contributed by atoms with E-state index in [1.54, 1.807) is 12.3 Å². The van der Waals surface area contributed by atoms with Crippen molar-refractivity contribution in [3.8, 4) is 0 Å². The molecule has 1 atom stereocenters. The average molecular weight is 248 g/mol. The molecule has 0 spiro atoms. The predicted octanol–water partition coefficient (Wildman–Crippen LogP) is 1.11. The fourth-order valence-electron chi connectivity index (χ4n) is 2.33. The second kappa shape index (κ2) is 4.94. The van der Waals surface area contributed by atoms with Gasteiger partial charge in [0.2, 0.25) is 0 Å². The molecule has 5 nitrogen and oxygen atoms in total. The minimum atomic E-state index is -0.597. The lowest BCUT2D eigenvalue weighted by Gasteiger charge is -2.24. The third-order valence-corrected chi connectivity index (χ3v) is 3.44. The number of hydrogen-bond donors (Lipinski definition) is 3. The van der Waals surface area contributed by atoms with Crippen molar-refractivity contribution < 1.29 is 5.11 Å². The summed E-state index contributed by atoms with van der Waals surface area (Å²) in [6.07, 6.45) is 4.14. The van der Waals surface area contributed by atoms with E-state index in [2.05, 4.69) is 9.88 Å². The fourth-order valence-corrected chi connectivity index (χ4v) is 2.33. The van der Waals surface area contributed by atoms with Crippen LogP contribution < -0.4 is 10.6 Å². The van der Waals surface area contributed by atoms with Crippen molar-refractivity contribution >= 4 is 11.7 Å². The highest BCUT2D eigenvalue weighted by atomic mass is 16.3. The summed E-state index contributed by atoms with van der Waals surface area (Å²) in [6, 6.07) is 3.60. The molecule has 1 aromatic heterocycles. The van der Waals surface area contributed by atoms with E-state index in [0.717, 1.165) is 31.7 Å². The minimum absolute atomic E-state index is 0.0362. The van der Waals surface area contributed by atoms with E-state index in [-0.39, 0.29) is 5.84 Å². The Kier molecular flexibility index (Phi) is 3.52. The fraction of sp³-hybridized carbons (Fsp3) is 0.538. The number of nitrogens with zero attached hydrogens (tertiary/aromatic N) is 2. The molecule has 0 amide bonds. The number of nitrogens with two attached hydrogens (primary N) is 1. The van der Waals surface area contributed by atoms with E-state index in [0.29, 0.717) is 12.0 Å². The van der Waals surface area contributed by atoms with Gasteiger partial charge >= 0.3 is 0 Å². The molecule has 2 rings (SSSR count). The second-order valence-corrected chi connectivity index (χ2v) is 5.13. The molecule has 0 bridgehead atoms. The Balaban J connectivity index is 2.24. The summed E-state index contributed by atoms with van der Waals surface area (Å²) in [7, 11) is 0. The molecule has 1 aliphatic heterocycles. The van der Waals surface area contributed by atoms with Gasteiger partial charge in [0.25, 0.3) is 0 Å². The van der Waals surface area contributed by atoms with Crippen molar-refractivity contribution in [3.63, 3.8) is 0 Å². The topological polar surface area (TPSA) is 86.2 Å². The molecule has 0 aromatic carbocycles. The second-order valence-electron chi connectivity index (χ2n) is 5.13. The van der Waals surface area contributed by atoms with Crippen LogP contribution in [0.2, 0.25) is 0 Å². The van der Waals surface area contributed by atoms with Crippen LogP contribution in [0, 0.1) is 5.41 Å². The largest absolute Gasteiger partial charge is 0.390 e. The number of amidine groups is 1. The van der Waals surface area contributed by atoms with E-state index < -0.39 is 5.60 Å². The molecule has 1 unspecified atom stereocenters. The molecular formula is C13H20N4O. The third kappa shape index (κ3) is 2.79. The summed E-state index contributed by atoms with van der Waals surface area (Å²) in [4.78, 5) is 6.45. The number of anilines is 1. The number of rotatable bonds is 2. The van der Waals surface area contributed by atoms with Gasteiger partial charge in [-0.2, -0.15) is 0 Å². The molecule has 18 heavy (non-hydrogen) atoms. The first-order chi connectivity index (χ1) is 8.49. The summed E-state index contributed by atoms with van der Waals surface area (Å²) in [5, 5.41) is 17.7. The molecule has 1 aliphatic rings. The highest BCUT2D eigenvalue weighted by molar-refractivity contribution is 5.99. The summed E-state index contributed by atoms with van der Waals surface area (Å²) in [6.45, 7) is 3.46. The molecule has 1 saturated heterocycles. The van der Waals surface area contributed by atoms with Gasteiger partial charge in [0.05, 0.1) is 11.2 Å². The van der Waals surface area contributed by atoms with E-state index in [1.165, 1.54) is 0 Å². The van der Waals surface area contributed by atoms with Gasteiger partial charge in [-0.25, -0.2) is 4.98 Å². The smallest absolute Gasteiger partial charge is 0.139 e. The van der Waals surface area contributed by atoms with Gasteiger partial charge in [0, 0.05) is 19.3 Å². The maximum absolute atomic E-state index is 10.1. The highest BCUT2D eigenvalue weighted by Gasteiger charge is 2.26. The Morgan fingerprint density at radius 1 is 1.50 bits per heavy atom. The van der Waals surface area contributed by atoms with Gasteiger partial charge in [-0.15, -0.1) is 0 Å². The molecule has 4 N–H and O–H groups in total. The van der Waals surface area contributed by atoms with Gasteiger partial charge < -0.3 is 15.7 Å². The molecule has 2 heterocycles. The molecule has 0 aliphatic carbocycles. The van der Waals surface area contributed by atoms with Crippen LogP contribution in [-0.2, 0) is 0 Å². The molecular weight excluding hydrogens is 228 g/mol. The first-order valence-corrected chi connectivity index (χ1v) is 6.26. The molecule has 0 radical (unpaired) electrons. The van der Waals surface area contributed by atoms with Crippen molar-refractivity contribution in [3.05, 3.63) is 23.9 Å². The SMILES string of the molecule is CC1(O)CCCN(c2ncccc2C(=N)N)CC1. The standard InChI is InChI=1S/C13H20N4O/c1-13(18)5-3-8-17(9-6-13)12-10(11(14)15)4-2-7-16-12/h2,4,7,18H,3,5-6,8-9H2,1H3,(H3,14,15). The Labute approximate surface area is 107 Å². The first-order valence-electron chi connectivity index (χ1n) is 6.26. The van der Waals surface area contributed by atoms with Crippen molar-refractivity contribution in [1.29, 1.82) is 5.41 Å². The quantitative estimate of drug-likeness (QED) is 0.540. The van der Waals surface area contributed by atoms with Crippen LogP contribution in [0.15, 0.2) is 18.3 Å². The van der Waals surface area contributed by atoms with Gasteiger partial charge in [0.1, 0.15) is 11.7 Å². The number of aromatic nitrogens is 1. The maximum atomic E-state index is 10.1. The number of nitrogens with one attached hydrogen (secondary N) is 1. The van der Waals surface area contributed by atoms with Gasteiger partial charge in [-0.3, -0.25) is 5.41 Å². The van der Waals surface area contributed by atoms with E-state index in [9.17, 15) is 5.11 Å². The van der Waals surface area contributed by atoms with Crippen molar-refractivity contribution in [2.75, 3.05) is 18.0 Å². The Bertz CT molecular complexity index is 444. The van der Waals surface area contributed by atoms with Crippen LogP contribution in [0.5, 0.6) is 0 Å². The zero-order valence-corrected chi connectivity index (χ0v) is 10.7. The lowest BCUT2D eigenvalue weighted by molar-refractivity contribution is 0.0481. The molecule has 1 aromatic rings. The zero-order chi connectivity index (χ0) is 13.2. The number of aliphatic hydroxyl groups is 1. The van der Waals surface area contributed by atoms with Crippen LogP contribution in [0.4, 0.5) is 5.82 Å². The monoisotopic (exact) mass is 248 g/mol. The molecule has 5 heteroatoms. The average Bonchev–Trinajstić information content (AvgIpc) is 2.50. The highest BCUT2D eigenvalue weighted by Crippen LogP contribution is 2.25. The van der Waals surface area contributed by atoms with Crippen LogP contribution in [0.1, 0.15) is 31.7 Å². The van der Waals surface area contributed by atoms with E-state index in [1.807, 2.05) is 13.0 Å². The normalized spacial score (nSPS) is 24.7. The number of nitrogen functional groups attached to an aromatic ring is 1. The third-order valence-electron chi connectivity index (χ3n) is 3.44. The summed E-state index contributed by atoms with van der Waals surface area (Å²) < 4.78 is 0. The van der Waals surface area contributed by atoms with Gasteiger partial charge in [-0.1, -0.05) is 0 Å². The summed E-state index contributed by atoms with van der Waals surface area (Å²) in [5.41, 5.74) is 5.65. The minimum Gasteiger partial charge on any atom is -0.390 e. The predicted molar refractivity (Wildman–Crippen MR) is 71.9 cm³/mol.